The van der Waals surface area contributed by atoms with Gasteiger partial charge in [0.2, 0.25) is 0 Å². The van der Waals surface area contributed by atoms with Gasteiger partial charge in [-0.3, -0.25) is 0 Å². The number of hydrogen-bond donors (Lipinski definition) is 9. The second-order valence-corrected chi connectivity index (χ2v) is 1.04. The SMILES string of the molecule is OB(O)O.OB(O)O.OB(O)O.[MgH2]. The lowest BCUT2D eigenvalue weighted by molar-refractivity contribution is 0.276. The highest BCUT2D eigenvalue weighted by Gasteiger charge is 1.93. The Hall–Kier alpha value is 0.601. The lowest BCUT2D eigenvalue weighted by atomic mass is 10.3. The molecule has 0 rings (SSSR count). The largest absolute Gasteiger partial charge is 0.631 e. The molecule has 0 bridgehead atoms. The van der Waals surface area contributed by atoms with Crippen LogP contribution in [0.1, 0.15) is 0 Å². The van der Waals surface area contributed by atoms with E-state index in [9.17, 15) is 0 Å². The zero-order chi connectivity index (χ0) is 10.7. The minimum Gasteiger partial charge on any atom is -0.402 e. The first-order valence-electron chi connectivity index (χ1n) is 2.32. The van der Waals surface area contributed by atoms with Gasteiger partial charge in [0, 0.05) is 0 Å². The van der Waals surface area contributed by atoms with Crippen molar-refractivity contribution in [1.29, 1.82) is 0 Å². The van der Waals surface area contributed by atoms with E-state index in [0.717, 1.165) is 0 Å². The Balaban J connectivity index is -0.0000000450. The molecule has 0 aromatic rings. The Labute approximate surface area is 90.6 Å². The van der Waals surface area contributed by atoms with E-state index in [0.29, 0.717) is 0 Å². The first kappa shape index (κ1) is 23.4. The molecule has 0 aliphatic carbocycles. The minimum atomic E-state index is -2.17. The summed E-state index contributed by atoms with van der Waals surface area (Å²) in [6, 6.07) is 0. The van der Waals surface area contributed by atoms with Gasteiger partial charge in [0.25, 0.3) is 0 Å². The summed E-state index contributed by atoms with van der Waals surface area (Å²) in [6.07, 6.45) is 0. The first-order chi connectivity index (χ1) is 5.20. The Morgan fingerprint density at radius 1 is 0.385 bits per heavy atom. The van der Waals surface area contributed by atoms with E-state index in [2.05, 4.69) is 0 Å². The second-order valence-electron chi connectivity index (χ2n) is 1.04. The fourth-order valence-corrected chi connectivity index (χ4v) is 0. The average molecular weight is 212 g/mol. The van der Waals surface area contributed by atoms with E-state index in [1.54, 1.807) is 0 Å². The number of hydrogen-bond acceptors (Lipinski definition) is 9. The molecule has 0 spiro atoms. The van der Waals surface area contributed by atoms with Gasteiger partial charge in [-0.05, 0) is 0 Å². The van der Waals surface area contributed by atoms with Crippen LogP contribution in [-0.4, -0.2) is 90.2 Å². The van der Waals surface area contributed by atoms with Gasteiger partial charge in [0.05, 0.1) is 0 Å². The lowest BCUT2D eigenvalue weighted by Gasteiger charge is -1.69. The van der Waals surface area contributed by atoms with Crippen molar-refractivity contribution < 1.29 is 45.2 Å². The maximum Gasteiger partial charge on any atom is 0.631 e. The van der Waals surface area contributed by atoms with Gasteiger partial charge in [-0.15, -0.1) is 0 Å². The highest BCUT2D eigenvalue weighted by atomic mass is 24.3. The van der Waals surface area contributed by atoms with Crippen LogP contribution in [0.25, 0.3) is 0 Å². The molecule has 0 aromatic heterocycles. The molecule has 0 aliphatic rings. The van der Waals surface area contributed by atoms with Crippen LogP contribution in [0.15, 0.2) is 0 Å². The van der Waals surface area contributed by atoms with Crippen LogP contribution in [0.4, 0.5) is 0 Å². The fraction of sp³-hybridized carbons (Fsp3) is 0. The smallest absolute Gasteiger partial charge is 0.402 e. The maximum absolute atomic E-state index is 7.17. The lowest BCUT2D eigenvalue weighted by Crippen LogP contribution is -2.07. The molecule has 0 amide bonds. The fourth-order valence-electron chi connectivity index (χ4n) is 0. The van der Waals surface area contributed by atoms with E-state index in [1.807, 2.05) is 0 Å². The summed E-state index contributed by atoms with van der Waals surface area (Å²) >= 11 is 0. The topological polar surface area (TPSA) is 182 Å². The third-order valence-electron chi connectivity index (χ3n) is 0. The molecule has 13 heteroatoms. The molecule has 0 fully saturated rings. The van der Waals surface area contributed by atoms with Crippen LogP contribution in [0.3, 0.4) is 0 Å². The van der Waals surface area contributed by atoms with E-state index in [1.165, 1.54) is 0 Å². The predicted octanol–water partition coefficient (Wildman–Crippen LogP) is -7.07. The third kappa shape index (κ3) is 3920. The summed E-state index contributed by atoms with van der Waals surface area (Å²) < 4.78 is 0. The van der Waals surface area contributed by atoms with Gasteiger partial charge in [0.15, 0.2) is 0 Å². The van der Waals surface area contributed by atoms with E-state index >= 15 is 0 Å². The molecule has 76 valence electrons. The van der Waals surface area contributed by atoms with Crippen molar-refractivity contribution in [2.45, 2.75) is 0 Å². The van der Waals surface area contributed by atoms with E-state index in [-0.39, 0.29) is 23.1 Å². The van der Waals surface area contributed by atoms with Crippen molar-refractivity contribution in [2.24, 2.45) is 0 Å². The van der Waals surface area contributed by atoms with Crippen LogP contribution < -0.4 is 0 Å². The monoisotopic (exact) mass is 212 g/mol. The summed E-state index contributed by atoms with van der Waals surface area (Å²) in [6.45, 7) is 0. The highest BCUT2D eigenvalue weighted by Crippen LogP contribution is 1.41. The van der Waals surface area contributed by atoms with Gasteiger partial charge in [-0.1, -0.05) is 0 Å². The molecule has 0 atom stereocenters. The summed E-state index contributed by atoms with van der Waals surface area (Å²) in [5.41, 5.74) is 0. The molecule has 13 heavy (non-hydrogen) atoms. The summed E-state index contributed by atoms with van der Waals surface area (Å²) in [5.74, 6) is 0. The Morgan fingerprint density at radius 3 is 0.385 bits per heavy atom. The van der Waals surface area contributed by atoms with E-state index < -0.39 is 22.0 Å². The van der Waals surface area contributed by atoms with Crippen LogP contribution in [-0.2, 0) is 0 Å². The molecular weight excluding hydrogens is 201 g/mol. The molecule has 0 unspecified atom stereocenters. The summed E-state index contributed by atoms with van der Waals surface area (Å²) in [7, 11) is -6.50. The van der Waals surface area contributed by atoms with Gasteiger partial charge in [0.1, 0.15) is 0 Å². The molecule has 0 heterocycles. The van der Waals surface area contributed by atoms with E-state index in [4.69, 9.17) is 45.2 Å². The predicted molar refractivity (Wildman–Crippen MR) is 45.8 cm³/mol. The molecule has 9 nitrogen and oxygen atoms in total. The van der Waals surface area contributed by atoms with Gasteiger partial charge in [-0.25, -0.2) is 0 Å². The van der Waals surface area contributed by atoms with Crippen molar-refractivity contribution in [3.63, 3.8) is 0 Å². The highest BCUT2D eigenvalue weighted by molar-refractivity contribution is 6.31. The number of rotatable bonds is 0. The molecular formula is H11B3MgO9. The van der Waals surface area contributed by atoms with Gasteiger partial charge < -0.3 is 45.2 Å². The standard InChI is InChI=1S/3BH3O3.Mg.2H/c3*2-1(3)4;;;/h3*2-4H;;;. The van der Waals surface area contributed by atoms with Crippen LogP contribution in [0.2, 0.25) is 0 Å². The summed E-state index contributed by atoms with van der Waals surface area (Å²) in [4.78, 5) is 0. The summed E-state index contributed by atoms with van der Waals surface area (Å²) in [5, 5.41) is 64.5. The molecule has 0 saturated carbocycles. The van der Waals surface area contributed by atoms with Crippen molar-refractivity contribution in [3.8, 4) is 0 Å². The van der Waals surface area contributed by atoms with Crippen LogP contribution >= 0.6 is 0 Å². The molecule has 0 aromatic carbocycles. The Kier molecular flexibility index (Phi) is 33.2. The molecule has 0 aliphatic heterocycles. The van der Waals surface area contributed by atoms with Gasteiger partial charge in [-0.2, -0.15) is 0 Å². The minimum absolute atomic E-state index is 0. The van der Waals surface area contributed by atoms with Crippen molar-refractivity contribution in [3.05, 3.63) is 0 Å². The first-order valence-corrected chi connectivity index (χ1v) is 2.32. The van der Waals surface area contributed by atoms with Crippen molar-refractivity contribution in [2.75, 3.05) is 0 Å². The van der Waals surface area contributed by atoms with Gasteiger partial charge >= 0.3 is 45.0 Å². The normalized spacial score (nSPS) is 6.23. The zero-order valence-corrected chi connectivity index (χ0v) is 5.76. The molecule has 0 saturated heterocycles. The van der Waals surface area contributed by atoms with Crippen molar-refractivity contribution >= 4 is 45.0 Å². The van der Waals surface area contributed by atoms with Crippen molar-refractivity contribution in [1.82, 2.24) is 0 Å². The molecule has 0 radical (unpaired) electrons. The Bertz CT molecular complexity index is 43.4. The second kappa shape index (κ2) is 18.4. The zero-order valence-electron chi connectivity index (χ0n) is 5.76. The Morgan fingerprint density at radius 2 is 0.385 bits per heavy atom. The average Bonchev–Trinajstić information content (AvgIpc) is 1.54. The molecule has 9 N–H and O–H groups in total. The quantitative estimate of drug-likeness (QED) is 0.176. The van der Waals surface area contributed by atoms with Crippen LogP contribution in [0, 0.1) is 0 Å². The third-order valence-corrected chi connectivity index (χ3v) is 0. The maximum atomic E-state index is 7.17. The van der Waals surface area contributed by atoms with Crippen LogP contribution in [0.5, 0.6) is 0 Å².